The molecule has 110 valence electrons. The molecular formula is C16H24N2OS. The van der Waals surface area contributed by atoms with E-state index in [4.69, 9.17) is 22.7 Å². The van der Waals surface area contributed by atoms with Gasteiger partial charge in [-0.15, -0.1) is 0 Å². The van der Waals surface area contributed by atoms with Crippen LogP contribution in [0.3, 0.4) is 0 Å². The number of nitrogens with two attached hydrogens (primary N) is 1. The monoisotopic (exact) mass is 292 g/mol. The summed E-state index contributed by atoms with van der Waals surface area (Å²) in [7, 11) is 1.71. The SMILES string of the molecule is COc1ccc(C(N)=S)cc1CN1CCCCCC1C. The predicted molar refractivity (Wildman–Crippen MR) is 87.2 cm³/mol. The molecule has 0 saturated carbocycles. The van der Waals surface area contributed by atoms with Gasteiger partial charge in [-0.3, -0.25) is 4.90 Å². The van der Waals surface area contributed by atoms with Gasteiger partial charge in [0.1, 0.15) is 10.7 Å². The van der Waals surface area contributed by atoms with Crippen molar-refractivity contribution in [3.05, 3.63) is 29.3 Å². The highest BCUT2D eigenvalue weighted by atomic mass is 32.1. The number of thiocarbonyl (C=S) groups is 1. The number of likely N-dealkylation sites (tertiary alicyclic amines) is 1. The van der Waals surface area contributed by atoms with Crippen LogP contribution in [-0.2, 0) is 6.54 Å². The quantitative estimate of drug-likeness (QED) is 0.866. The Balaban J connectivity index is 2.21. The molecule has 1 unspecified atom stereocenters. The molecule has 1 heterocycles. The lowest BCUT2D eigenvalue weighted by molar-refractivity contribution is 0.202. The van der Waals surface area contributed by atoms with Gasteiger partial charge in [0.25, 0.3) is 0 Å². The van der Waals surface area contributed by atoms with E-state index in [2.05, 4.69) is 17.9 Å². The second kappa shape index (κ2) is 7.04. The van der Waals surface area contributed by atoms with Gasteiger partial charge in [0.2, 0.25) is 0 Å². The van der Waals surface area contributed by atoms with Crippen LogP contribution in [0.4, 0.5) is 0 Å². The summed E-state index contributed by atoms with van der Waals surface area (Å²) in [5.41, 5.74) is 7.82. The van der Waals surface area contributed by atoms with Crippen LogP contribution < -0.4 is 10.5 Å². The molecule has 1 aliphatic rings. The third kappa shape index (κ3) is 3.70. The summed E-state index contributed by atoms with van der Waals surface area (Å²) in [5, 5.41) is 0. The first-order chi connectivity index (χ1) is 9.61. The maximum atomic E-state index is 5.74. The molecule has 1 fully saturated rings. The molecule has 2 N–H and O–H groups in total. The lowest BCUT2D eigenvalue weighted by atomic mass is 10.1. The minimum absolute atomic E-state index is 0.442. The number of ether oxygens (including phenoxy) is 1. The molecule has 0 radical (unpaired) electrons. The average molecular weight is 292 g/mol. The van der Waals surface area contributed by atoms with Crippen LogP contribution in [0.15, 0.2) is 18.2 Å². The smallest absolute Gasteiger partial charge is 0.123 e. The van der Waals surface area contributed by atoms with Gasteiger partial charge in [-0.1, -0.05) is 25.1 Å². The maximum absolute atomic E-state index is 5.74. The van der Waals surface area contributed by atoms with Gasteiger partial charge < -0.3 is 10.5 Å². The van der Waals surface area contributed by atoms with Gasteiger partial charge in [-0.2, -0.15) is 0 Å². The molecule has 2 rings (SSSR count). The van der Waals surface area contributed by atoms with Crippen LogP contribution in [0.5, 0.6) is 5.75 Å². The molecule has 3 nitrogen and oxygen atoms in total. The Bertz CT molecular complexity index is 476. The van der Waals surface area contributed by atoms with Crippen LogP contribution in [0, 0.1) is 0 Å². The Morgan fingerprint density at radius 2 is 2.20 bits per heavy atom. The summed E-state index contributed by atoms with van der Waals surface area (Å²) in [6, 6.07) is 6.58. The number of nitrogens with zero attached hydrogens (tertiary/aromatic N) is 1. The minimum Gasteiger partial charge on any atom is -0.496 e. The van der Waals surface area contributed by atoms with Crippen LogP contribution in [0.25, 0.3) is 0 Å². The van der Waals surface area contributed by atoms with Crippen molar-refractivity contribution >= 4 is 17.2 Å². The Kier molecular flexibility index (Phi) is 5.38. The molecule has 1 saturated heterocycles. The standard InChI is InChI=1S/C16H24N2OS/c1-12-6-4-3-5-9-18(12)11-14-10-13(16(17)20)7-8-15(14)19-2/h7-8,10,12H,3-6,9,11H2,1-2H3,(H2,17,20). The van der Waals surface area contributed by atoms with E-state index in [1.165, 1.54) is 31.2 Å². The highest BCUT2D eigenvalue weighted by Gasteiger charge is 2.18. The van der Waals surface area contributed by atoms with Gasteiger partial charge >= 0.3 is 0 Å². The Morgan fingerprint density at radius 1 is 1.40 bits per heavy atom. The van der Waals surface area contributed by atoms with Gasteiger partial charge in [-0.05, 0) is 44.5 Å². The highest BCUT2D eigenvalue weighted by molar-refractivity contribution is 7.80. The van der Waals surface area contributed by atoms with Crippen molar-refractivity contribution in [1.29, 1.82) is 0 Å². The summed E-state index contributed by atoms with van der Waals surface area (Å²) < 4.78 is 5.48. The summed E-state index contributed by atoms with van der Waals surface area (Å²) in [5.74, 6) is 0.918. The summed E-state index contributed by atoms with van der Waals surface area (Å²) in [4.78, 5) is 2.98. The molecule has 0 aliphatic carbocycles. The highest BCUT2D eigenvalue weighted by Crippen LogP contribution is 2.25. The Labute approximate surface area is 127 Å². The predicted octanol–water partition coefficient (Wildman–Crippen LogP) is 3.09. The first-order valence-corrected chi connectivity index (χ1v) is 7.73. The first kappa shape index (κ1) is 15.3. The molecule has 0 aromatic heterocycles. The van der Waals surface area contributed by atoms with E-state index in [0.29, 0.717) is 11.0 Å². The fraction of sp³-hybridized carbons (Fsp3) is 0.562. The lowest BCUT2D eigenvalue weighted by Gasteiger charge is -2.27. The second-order valence-corrected chi connectivity index (χ2v) is 6.00. The third-order valence-electron chi connectivity index (χ3n) is 4.13. The molecule has 0 amide bonds. The van der Waals surface area contributed by atoms with Crippen LogP contribution in [0.1, 0.15) is 43.7 Å². The van der Waals surface area contributed by atoms with Gasteiger partial charge in [-0.25, -0.2) is 0 Å². The number of hydrogen-bond acceptors (Lipinski definition) is 3. The summed E-state index contributed by atoms with van der Waals surface area (Å²) in [6.07, 6.45) is 5.23. The van der Waals surface area contributed by atoms with Crippen molar-refractivity contribution in [2.24, 2.45) is 5.73 Å². The zero-order chi connectivity index (χ0) is 14.5. The van der Waals surface area contributed by atoms with Gasteiger partial charge in [0, 0.05) is 23.7 Å². The zero-order valence-electron chi connectivity index (χ0n) is 12.4. The third-order valence-corrected chi connectivity index (χ3v) is 4.36. The normalized spacial score (nSPS) is 20.4. The van der Waals surface area contributed by atoms with E-state index in [9.17, 15) is 0 Å². The second-order valence-electron chi connectivity index (χ2n) is 5.56. The topological polar surface area (TPSA) is 38.5 Å². The zero-order valence-corrected chi connectivity index (χ0v) is 13.2. The Morgan fingerprint density at radius 3 is 2.90 bits per heavy atom. The fourth-order valence-corrected chi connectivity index (χ4v) is 2.97. The van der Waals surface area contributed by atoms with E-state index in [1.807, 2.05) is 12.1 Å². The molecule has 1 aliphatic heterocycles. The van der Waals surface area contributed by atoms with Crippen molar-refractivity contribution in [3.8, 4) is 5.75 Å². The molecular weight excluding hydrogens is 268 g/mol. The largest absolute Gasteiger partial charge is 0.496 e. The minimum atomic E-state index is 0.442. The van der Waals surface area contributed by atoms with Crippen molar-refractivity contribution < 1.29 is 4.74 Å². The number of benzene rings is 1. The van der Waals surface area contributed by atoms with Gasteiger partial charge in [0.05, 0.1) is 7.11 Å². The molecule has 1 atom stereocenters. The summed E-state index contributed by atoms with van der Waals surface area (Å²) in [6.45, 7) is 4.37. The van der Waals surface area contributed by atoms with Crippen molar-refractivity contribution in [2.45, 2.75) is 45.2 Å². The molecule has 20 heavy (non-hydrogen) atoms. The lowest BCUT2D eigenvalue weighted by Crippen LogP contribution is -2.32. The van der Waals surface area contributed by atoms with Crippen LogP contribution in [-0.4, -0.2) is 29.6 Å². The number of hydrogen-bond donors (Lipinski definition) is 1. The number of rotatable bonds is 4. The molecule has 1 aromatic carbocycles. The van der Waals surface area contributed by atoms with E-state index in [-0.39, 0.29) is 0 Å². The van der Waals surface area contributed by atoms with E-state index in [1.54, 1.807) is 7.11 Å². The number of methoxy groups -OCH3 is 1. The Hall–Kier alpha value is -1.13. The van der Waals surface area contributed by atoms with Crippen molar-refractivity contribution in [3.63, 3.8) is 0 Å². The van der Waals surface area contributed by atoms with Gasteiger partial charge in [0.15, 0.2) is 0 Å². The van der Waals surface area contributed by atoms with Crippen LogP contribution in [0.2, 0.25) is 0 Å². The summed E-state index contributed by atoms with van der Waals surface area (Å²) >= 11 is 5.07. The molecule has 0 bridgehead atoms. The van der Waals surface area contributed by atoms with E-state index in [0.717, 1.165) is 24.4 Å². The van der Waals surface area contributed by atoms with E-state index >= 15 is 0 Å². The molecule has 0 spiro atoms. The molecule has 1 aromatic rings. The van der Waals surface area contributed by atoms with E-state index < -0.39 is 0 Å². The van der Waals surface area contributed by atoms with Crippen molar-refractivity contribution in [1.82, 2.24) is 4.90 Å². The molecule has 4 heteroatoms. The average Bonchev–Trinajstić information content (AvgIpc) is 2.64. The first-order valence-electron chi connectivity index (χ1n) is 7.32. The van der Waals surface area contributed by atoms with Crippen LogP contribution >= 0.6 is 12.2 Å². The maximum Gasteiger partial charge on any atom is 0.123 e. The van der Waals surface area contributed by atoms with Crippen molar-refractivity contribution in [2.75, 3.05) is 13.7 Å². The fourth-order valence-electron chi connectivity index (χ4n) is 2.84.